The molecule has 1 amide bonds. The lowest BCUT2D eigenvalue weighted by Gasteiger charge is -2.32. The second kappa shape index (κ2) is 7.74. The number of esters is 1. The van der Waals surface area contributed by atoms with Gasteiger partial charge in [0, 0.05) is 12.2 Å². The van der Waals surface area contributed by atoms with E-state index < -0.39 is 26.9 Å². The summed E-state index contributed by atoms with van der Waals surface area (Å²) in [5.41, 5.74) is 1.77. The van der Waals surface area contributed by atoms with E-state index in [0.717, 1.165) is 22.9 Å². The van der Waals surface area contributed by atoms with Crippen LogP contribution in [0.5, 0.6) is 0 Å². The minimum atomic E-state index is -1.48. The Bertz CT molecular complexity index is 724. The van der Waals surface area contributed by atoms with E-state index in [1.807, 2.05) is 13.8 Å². The van der Waals surface area contributed by atoms with Gasteiger partial charge in [0.05, 0.1) is 24.0 Å². The number of aliphatic imine (C=N–C) groups is 1. The second-order valence-electron chi connectivity index (χ2n) is 5.64. The summed E-state index contributed by atoms with van der Waals surface area (Å²) in [6.07, 6.45) is -0.575. The Morgan fingerprint density at radius 2 is 1.88 bits per heavy atom. The van der Waals surface area contributed by atoms with Gasteiger partial charge in [-0.15, -0.1) is 0 Å². The van der Waals surface area contributed by atoms with Gasteiger partial charge in [-0.25, -0.2) is 9.59 Å². The van der Waals surface area contributed by atoms with Crippen molar-refractivity contribution in [3.8, 4) is 0 Å². The van der Waals surface area contributed by atoms with Crippen LogP contribution in [0.1, 0.15) is 34.1 Å². The first-order valence-electron chi connectivity index (χ1n) is 7.86. The van der Waals surface area contributed by atoms with Crippen molar-refractivity contribution in [1.29, 1.82) is 0 Å². The lowest BCUT2D eigenvalue weighted by Crippen LogP contribution is -2.37. The molecule has 2 aliphatic heterocycles. The fourth-order valence-electron chi connectivity index (χ4n) is 2.54. The van der Waals surface area contributed by atoms with Crippen LogP contribution in [-0.2, 0) is 25.1 Å². The van der Waals surface area contributed by atoms with E-state index in [-0.39, 0.29) is 35.3 Å². The molecule has 7 nitrogen and oxygen atoms in total. The van der Waals surface area contributed by atoms with Crippen LogP contribution < -0.4 is 0 Å². The fourth-order valence-corrected chi connectivity index (χ4v) is 6.10. The Morgan fingerprint density at radius 1 is 1.24 bits per heavy atom. The third kappa shape index (κ3) is 3.67. The van der Waals surface area contributed by atoms with Gasteiger partial charge in [-0.1, -0.05) is 22.9 Å². The summed E-state index contributed by atoms with van der Waals surface area (Å²) in [6.45, 7) is 7.27. The first-order valence-corrected chi connectivity index (χ1v) is 9.99. The highest BCUT2D eigenvalue weighted by atomic mass is 32.2. The molecule has 2 rings (SSSR count). The van der Waals surface area contributed by atoms with E-state index >= 15 is 0 Å². The molecule has 2 atom stereocenters. The van der Waals surface area contributed by atoms with Crippen LogP contribution in [0.3, 0.4) is 0 Å². The highest BCUT2D eigenvalue weighted by Gasteiger charge is 2.54. The average molecular weight is 387 g/mol. The number of rotatable bonds is 3. The Hall–Kier alpha value is -1.61. The van der Waals surface area contributed by atoms with E-state index in [9.17, 15) is 18.9 Å². The monoisotopic (exact) mass is 387 g/mol. The minimum Gasteiger partial charge on any atom is -0.509 e. The topological polar surface area (TPSA) is 102 Å². The molecule has 2 heterocycles. The maximum atomic E-state index is 12.8. The highest BCUT2D eigenvalue weighted by molar-refractivity contribution is 8.24. The number of thioether (sulfide) groups is 1. The molecular weight excluding hydrogens is 366 g/mol. The number of hydrogen-bond acceptors (Lipinski definition) is 7. The molecule has 0 fully saturated rings. The van der Waals surface area contributed by atoms with Crippen molar-refractivity contribution < 1.29 is 28.4 Å². The van der Waals surface area contributed by atoms with Crippen LogP contribution in [0.15, 0.2) is 27.5 Å². The third-order valence-corrected chi connectivity index (χ3v) is 7.69. The molecule has 0 saturated heterocycles. The van der Waals surface area contributed by atoms with Gasteiger partial charge in [0.1, 0.15) is 16.4 Å². The normalized spacial score (nSPS) is 28.0. The molecular formula is C16H21NO6S2. The number of aliphatic hydroxyl groups is 1. The molecule has 0 radical (unpaired) electrons. The Kier molecular flexibility index (Phi) is 6.10. The number of carbonyl (C=O) groups is 2. The van der Waals surface area contributed by atoms with Crippen LogP contribution in [-0.4, -0.2) is 49.5 Å². The van der Waals surface area contributed by atoms with Crippen molar-refractivity contribution in [3.63, 3.8) is 0 Å². The van der Waals surface area contributed by atoms with Gasteiger partial charge in [0.2, 0.25) is 0 Å². The summed E-state index contributed by atoms with van der Waals surface area (Å²) in [4.78, 5) is 27.8. The average Bonchev–Trinajstić information content (AvgIpc) is 2.79. The van der Waals surface area contributed by atoms with Crippen LogP contribution in [0.2, 0.25) is 0 Å². The first kappa shape index (κ1) is 19.7. The fraction of sp³-hybridized carbons (Fsp3) is 0.562. The predicted octanol–water partition coefficient (Wildman–Crippen LogP) is 2.85. The van der Waals surface area contributed by atoms with Gasteiger partial charge in [-0.2, -0.15) is 4.99 Å². The van der Waals surface area contributed by atoms with E-state index in [2.05, 4.69) is 4.99 Å². The smallest absolute Gasteiger partial charge is 0.434 e. The molecule has 0 aromatic carbocycles. The van der Waals surface area contributed by atoms with Gasteiger partial charge in [0.25, 0.3) is 0 Å². The Balaban J connectivity index is 2.54. The van der Waals surface area contributed by atoms with Crippen LogP contribution in [0.4, 0.5) is 4.79 Å². The summed E-state index contributed by atoms with van der Waals surface area (Å²) in [6, 6.07) is 0. The lowest BCUT2D eigenvalue weighted by molar-refractivity contribution is -0.138. The number of amides is 1. The van der Waals surface area contributed by atoms with Crippen molar-refractivity contribution in [2.45, 2.75) is 38.2 Å². The zero-order chi connectivity index (χ0) is 18.8. The van der Waals surface area contributed by atoms with E-state index in [1.54, 1.807) is 13.8 Å². The molecule has 0 aromatic rings. The largest absolute Gasteiger partial charge is 0.509 e. The summed E-state index contributed by atoms with van der Waals surface area (Å²) >= 11 is 0.962. The molecule has 138 valence electrons. The van der Waals surface area contributed by atoms with Crippen molar-refractivity contribution in [1.82, 2.24) is 0 Å². The maximum absolute atomic E-state index is 12.8. The van der Waals surface area contributed by atoms with E-state index in [0.29, 0.717) is 6.42 Å². The van der Waals surface area contributed by atoms with Crippen molar-refractivity contribution in [3.05, 3.63) is 22.5 Å². The van der Waals surface area contributed by atoms with Gasteiger partial charge in [-0.3, -0.25) is 4.21 Å². The SMILES string of the molecule is CCOC(=O)N=C1S[C@]2(CC(C)=C(C)C[S@]2=O)C(O)=C1C(=O)OCC. The van der Waals surface area contributed by atoms with Gasteiger partial charge in [0.15, 0.2) is 4.08 Å². The quantitative estimate of drug-likeness (QED) is 0.587. The Labute approximate surface area is 153 Å². The summed E-state index contributed by atoms with van der Waals surface area (Å²) in [5, 5.41) is 10.7. The summed E-state index contributed by atoms with van der Waals surface area (Å²) in [7, 11) is -1.48. The molecule has 1 spiro atoms. The zero-order valence-corrected chi connectivity index (χ0v) is 16.2. The number of ether oxygens (including phenoxy) is 2. The summed E-state index contributed by atoms with van der Waals surface area (Å²) in [5.74, 6) is -0.858. The van der Waals surface area contributed by atoms with Crippen LogP contribution >= 0.6 is 11.8 Å². The van der Waals surface area contributed by atoms with E-state index in [1.165, 1.54) is 0 Å². The number of hydrogen-bond donors (Lipinski definition) is 1. The lowest BCUT2D eigenvalue weighted by atomic mass is 10.0. The number of carbonyl (C=O) groups excluding carboxylic acids is 2. The van der Waals surface area contributed by atoms with Crippen molar-refractivity contribution in [2.24, 2.45) is 4.99 Å². The second-order valence-corrected chi connectivity index (χ2v) is 8.87. The third-order valence-electron chi connectivity index (χ3n) is 3.96. The Morgan fingerprint density at radius 3 is 2.48 bits per heavy atom. The summed E-state index contributed by atoms with van der Waals surface area (Å²) < 4.78 is 21.3. The molecule has 0 aromatic heterocycles. The standard InChI is InChI=1S/C16H21NO6S2/c1-5-22-14(19)11-12(18)16(7-9(3)10(4)8-25(16)21)24-13(11)17-15(20)23-6-2/h18H,5-8H2,1-4H3/t16-,25+/m0/s1. The maximum Gasteiger partial charge on any atom is 0.434 e. The molecule has 9 heteroatoms. The molecule has 1 N–H and O–H groups in total. The molecule has 25 heavy (non-hydrogen) atoms. The highest BCUT2D eigenvalue weighted by Crippen LogP contribution is 2.52. The molecule has 0 saturated carbocycles. The molecule has 0 bridgehead atoms. The molecule has 0 unspecified atom stereocenters. The van der Waals surface area contributed by atoms with Crippen LogP contribution in [0.25, 0.3) is 0 Å². The zero-order valence-electron chi connectivity index (χ0n) is 14.6. The van der Waals surface area contributed by atoms with Gasteiger partial charge in [-0.05, 0) is 27.7 Å². The predicted molar refractivity (Wildman–Crippen MR) is 97.1 cm³/mol. The van der Waals surface area contributed by atoms with Gasteiger partial charge < -0.3 is 14.6 Å². The van der Waals surface area contributed by atoms with Crippen molar-refractivity contribution >= 4 is 39.7 Å². The molecule has 0 aliphatic carbocycles. The number of nitrogens with zero attached hydrogens (tertiary/aromatic N) is 1. The molecule has 2 aliphatic rings. The van der Waals surface area contributed by atoms with Crippen molar-refractivity contribution in [2.75, 3.05) is 19.0 Å². The van der Waals surface area contributed by atoms with Crippen LogP contribution in [0, 0.1) is 0 Å². The number of allylic oxidation sites excluding steroid dienone is 1. The first-order chi connectivity index (χ1) is 11.8. The number of aliphatic hydroxyl groups excluding tert-OH is 1. The minimum absolute atomic E-state index is 0.0184. The van der Waals surface area contributed by atoms with E-state index in [4.69, 9.17) is 9.47 Å². The van der Waals surface area contributed by atoms with Gasteiger partial charge >= 0.3 is 12.1 Å².